The maximum Gasteiger partial charge on any atom is 0.305 e. The number of furan rings is 1. The Hall–Kier alpha value is -3.48. The van der Waals surface area contributed by atoms with Gasteiger partial charge >= 0.3 is 5.91 Å². The molecule has 0 bridgehead atoms. The first kappa shape index (κ1) is 19.3. The molecule has 1 aromatic carbocycles. The van der Waals surface area contributed by atoms with Gasteiger partial charge in [0, 0.05) is 11.8 Å². The lowest BCUT2D eigenvalue weighted by atomic mass is 10.2. The van der Waals surface area contributed by atoms with Crippen LogP contribution >= 0.6 is 0 Å². The van der Waals surface area contributed by atoms with Crippen LogP contribution in [0, 0.1) is 13.8 Å². The van der Waals surface area contributed by atoms with Crippen molar-refractivity contribution in [1.29, 1.82) is 0 Å². The highest BCUT2D eigenvalue weighted by molar-refractivity contribution is 5.97. The Bertz CT molecular complexity index is 1020. The largest absolute Gasteiger partial charge is 0.494 e. The van der Waals surface area contributed by atoms with Gasteiger partial charge in [-0.1, -0.05) is 0 Å². The van der Waals surface area contributed by atoms with E-state index in [1.54, 1.807) is 37.3 Å². The van der Waals surface area contributed by atoms with E-state index in [1.165, 1.54) is 10.7 Å². The van der Waals surface area contributed by atoms with Crippen molar-refractivity contribution in [2.24, 2.45) is 0 Å². The highest BCUT2D eigenvalue weighted by atomic mass is 16.5. The molecule has 2 aromatic heterocycles. The minimum absolute atomic E-state index is 0.0946. The maximum absolute atomic E-state index is 12.4. The molecule has 0 unspecified atom stereocenters. The van der Waals surface area contributed by atoms with Crippen LogP contribution in [-0.2, 0) is 6.61 Å². The third-order valence-corrected chi connectivity index (χ3v) is 3.98. The number of aryl methyl sites for hydroxylation is 2. The van der Waals surface area contributed by atoms with Gasteiger partial charge in [0.25, 0.3) is 5.56 Å². The Morgan fingerprint density at radius 3 is 2.36 bits per heavy atom. The second-order valence-corrected chi connectivity index (χ2v) is 6.25. The van der Waals surface area contributed by atoms with Gasteiger partial charge in [0.15, 0.2) is 5.76 Å². The van der Waals surface area contributed by atoms with Crippen molar-refractivity contribution in [3.8, 4) is 11.5 Å². The van der Waals surface area contributed by atoms with Crippen LogP contribution in [0.1, 0.15) is 34.5 Å². The minimum Gasteiger partial charge on any atom is -0.494 e. The Kier molecular flexibility index (Phi) is 5.84. The molecular weight excluding hydrogens is 360 g/mol. The summed E-state index contributed by atoms with van der Waals surface area (Å²) in [5, 5.41) is 0. The van der Waals surface area contributed by atoms with Crippen LogP contribution in [0.25, 0.3) is 0 Å². The van der Waals surface area contributed by atoms with Crippen molar-refractivity contribution in [1.82, 2.24) is 4.68 Å². The summed E-state index contributed by atoms with van der Waals surface area (Å²) in [4.78, 5) is 24.4. The van der Waals surface area contributed by atoms with Crippen LogP contribution < -0.4 is 20.5 Å². The molecule has 1 amide bonds. The summed E-state index contributed by atoms with van der Waals surface area (Å²) >= 11 is 0. The zero-order valence-corrected chi connectivity index (χ0v) is 16.0. The number of aromatic nitrogens is 1. The van der Waals surface area contributed by atoms with Crippen LogP contribution in [0.4, 0.5) is 0 Å². The third-order valence-electron chi connectivity index (χ3n) is 3.98. The van der Waals surface area contributed by atoms with Crippen LogP contribution in [0.15, 0.2) is 57.7 Å². The monoisotopic (exact) mass is 382 g/mol. The molecule has 0 saturated heterocycles. The summed E-state index contributed by atoms with van der Waals surface area (Å²) < 4.78 is 17.8. The van der Waals surface area contributed by atoms with Gasteiger partial charge < -0.3 is 13.9 Å². The molecule has 0 atom stereocenters. The van der Waals surface area contributed by atoms with E-state index in [9.17, 15) is 9.59 Å². The number of pyridine rings is 1. The van der Waals surface area contributed by atoms with Gasteiger partial charge in [-0.25, -0.2) is 4.68 Å². The predicted molar refractivity (Wildman–Crippen MR) is 105 cm³/mol. The molecule has 146 valence electrons. The summed E-state index contributed by atoms with van der Waals surface area (Å²) in [5.74, 6) is 1.51. The second kappa shape index (κ2) is 8.47. The second-order valence-electron chi connectivity index (χ2n) is 6.25. The molecule has 2 heterocycles. The molecule has 0 radical (unpaired) electrons. The SMILES string of the molecule is CCOc1ccc(OCc2ccc(C(=O)Nn3c(C)cc(C)cc3=O)o2)cc1. The number of benzene rings is 1. The summed E-state index contributed by atoms with van der Waals surface area (Å²) in [6.45, 7) is 6.26. The lowest BCUT2D eigenvalue weighted by Crippen LogP contribution is -2.34. The zero-order chi connectivity index (χ0) is 20.1. The predicted octanol–water partition coefficient (Wildman–Crippen LogP) is 3.42. The van der Waals surface area contributed by atoms with Gasteiger partial charge in [0.2, 0.25) is 0 Å². The van der Waals surface area contributed by atoms with Crippen LogP contribution in [0.3, 0.4) is 0 Å². The van der Waals surface area contributed by atoms with Crippen molar-refractivity contribution in [3.63, 3.8) is 0 Å². The molecule has 3 rings (SSSR count). The number of hydrogen-bond donors (Lipinski definition) is 1. The van der Waals surface area contributed by atoms with Gasteiger partial charge in [0.05, 0.1) is 6.61 Å². The molecule has 3 aromatic rings. The van der Waals surface area contributed by atoms with E-state index in [4.69, 9.17) is 13.9 Å². The normalized spacial score (nSPS) is 10.5. The number of carbonyl (C=O) groups is 1. The minimum atomic E-state index is -0.513. The quantitative estimate of drug-likeness (QED) is 0.677. The molecule has 7 heteroatoms. The first-order chi connectivity index (χ1) is 13.5. The number of carbonyl (C=O) groups excluding carboxylic acids is 1. The molecule has 28 heavy (non-hydrogen) atoms. The van der Waals surface area contributed by atoms with Gasteiger partial charge in [0.1, 0.15) is 23.9 Å². The molecule has 0 spiro atoms. The summed E-state index contributed by atoms with van der Waals surface area (Å²) in [6, 6.07) is 13.7. The number of nitrogens with zero attached hydrogens (tertiary/aromatic N) is 1. The number of hydrogen-bond acceptors (Lipinski definition) is 5. The highest BCUT2D eigenvalue weighted by Gasteiger charge is 2.14. The van der Waals surface area contributed by atoms with Gasteiger partial charge in [-0.3, -0.25) is 15.0 Å². The van der Waals surface area contributed by atoms with Crippen molar-refractivity contribution >= 4 is 5.91 Å². The summed E-state index contributed by atoms with van der Waals surface area (Å²) in [5.41, 5.74) is 3.70. The van der Waals surface area contributed by atoms with Gasteiger partial charge in [-0.05, 0) is 68.8 Å². The first-order valence-corrected chi connectivity index (χ1v) is 8.92. The Morgan fingerprint density at radius 2 is 1.71 bits per heavy atom. The van der Waals surface area contributed by atoms with E-state index >= 15 is 0 Å². The first-order valence-electron chi connectivity index (χ1n) is 8.92. The van der Waals surface area contributed by atoms with Gasteiger partial charge in [-0.15, -0.1) is 0 Å². The average molecular weight is 382 g/mol. The number of ether oxygens (including phenoxy) is 2. The van der Waals surface area contributed by atoms with Crippen LogP contribution in [0.2, 0.25) is 0 Å². The standard InChI is InChI=1S/C21H22N2O5/c1-4-26-16-5-7-17(8-6-16)27-13-18-9-10-19(28-18)21(25)22-23-15(3)11-14(2)12-20(23)24/h5-12H,4,13H2,1-3H3,(H,22,25). The number of amides is 1. The molecular formula is C21H22N2O5. The van der Waals surface area contributed by atoms with E-state index in [0.717, 1.165) is 11.3 Å². The van der Waals surface area contributed by atoms with Crippen molar-refractivity contribution < 1.29 is 18.7 Å². The lowest BCUT2D eigenvalue weighted by molar-refractivity contribution is 0.0976. The Balaban J connectivity index is 1.62. The zero-order valence-electron chi connectivity index (χ0n) is 16.0. The van der Waals surface area contributed by atoms with E-state index in [-0.39, 0.29) is 17.9 Å². The van der Waals surface area contributed by atoms with Crippen molar-refractivity contribution in [2.45, 2.75) is 27.4 Å². The fourth-order valence-electron chi connectivity index (χ4n) is 2.70. The fourth-order valence-corrected chi connectivity index (χ4v) is 2.70. The van der Waals surface area contributed by atoms with E-state index in [0.29, 0.717) is 23.8 Å². The molecule has 0 saturated carbocycles. The Morgan fingerprint density at radius 1 is 1.04 bits per heavy atom. The molecule has 0 aliphatic rings. The van der Waals surface area contributed by atoms with Crippen molar-refractivity contribution in [2.75, 3.05) is 12.0 Å². The molecule has 0 aliphatic carbocycles. The van der Waals surface area contributed by atoms with Crippen LogP contribution in [0.5, 0.6) is 11.5 Å². The molecule has 0 aliphatic heterocycles. The number of rotatable bonds is 7. The molecule has 7 nitrogen and oxygen atoms in total. The fraction of sp³-hybridized carbons (Fsp3) is 0.238. The smallest absolute Gasteiger partial charge is 0.305 e. The molecule has 1 N–H and O–H groups in total. The van der Waals surface area contributed by atoms with Gasteiger partial charge in [-0.2, -0.15) is 0 Å². The Labute approximate surface area is 162 Å². The van der Waals surface area contributed by atoms with E-state index < -0.39 is 5.91 Å². The third kappa shape index (κ3) is 4.62. The summed E-state index contributed by atoms with van der Waals surface area (Å²) in [7, 11) is 0. The van der Waals surface area contributed by atoms with E-state index in [1.807, 2.05) is 26.0 Å². The number of nitrogens with one attached hydrogen (secondary N) is 1. The highest BCUT2D eigenvalue weighted by Crippen LogP contribution is 2.19. The average Bonchev–Trinajstić information content (AvgIpc) is 3.13. The maximum atomic E-state index is 12.4. The lowest BCUT2D eigenvalue weighted by Gasteiger charge is -2.10. The van der Waals surface area contributed by atoms with Crippen LogP contribution in [-0.4, -0.2) is 17.2 Å². The van der Waals surface area contributed by atoms with Crippen molar-refractivity contribution in [3.05, 3.63) is 81.7 Å². The summed E-state index contributed by atoms with van der Waals surface area (Å²) in [6.07, 6.45) is 0. The topological polar surface area (TPSA) is 82.7 Å². The van der Waals surface area contributed by atoms with E-state index in [2.05, 4.69) is 5.43 Å². The molecule has 0 fully saturated rings.